The molecule has 0 radical (unpaired) electrons. The molecule has 0 aliphatic heterocycles. The summed E-state index contributed by atoms with van der Waals surface area (Å²) < 4.78 is 1.66. The molecule has 3 heterocycles. The molecule has 4 rings (SSSR count). The second kappa shape index (κ2) is 5.58. The fourth-order valence-electron chi connectivity index (χ4n) is 2.57. The summed E-state index contributed by atoms with van der Waals surface area (Å²) in [5.74, 6) is 0.887. The van der Waals surface area contributed by atoms with Crippen molar-refractivity contribution in [3.8, 4) is 17.1 Å². The van der Waals surface area contributed by atoms with E-state index in [4.69, 9.17) is 17.3 Å². The maximum atomic E-state index is 6.39. The third kappa shape index (κ3) is 2.47. The molecule has 7 heteroatoms. The first-order valence-corrected chi connectivity index (χ1v) is 7.68. The smallest absolute Gasteiger partial charge is 0.182 e. The van der Waals surface area contributed by atoms with Crippen LogP contribution in [0.25, 0.3) is 28.0 Å². The van der Waals surface area contributed by atoms with Crippen LogP contribution in [0, 0.1) is 6.92 Å². The second-order valence-corrected chi connectivity index (χ2v) is 5.87. The summed E-state index contributed by atoms with van der Waals surface area (Å²) in [5.41, 5.74) is 9.07. The number of fused-ring (bicyclic) bond motifs is 1. The molecule has 4 aromatic rings. The van der Waals surface area contributed by atoms with E-state index in [9.17, 15) is 0 Å². The Bertz CT molecular complexity index is 1060. The molecular weight excluding hydrogens is 324 g/mol. The van der Waals surface area contributed by atoms with Gasteiger partial charge in [0.25, 0.3) is 0 Å². The standard InChI is InChI=1S/C17H13ClN6/c1-10-7-22-24(9-10)17-16(21-8-14(19)23-17)12-5-11-3-2-4-20-15(11)13(18)6-12/h2-9H,1H3,(H2,19,23). The van der Waals surface area contributed by atoms with Gasteiger partial charge in [-0.05, 0) is 30.7 Å². The van der Waals surface area contributed by atoms with Crippen molar-refractivity contribution < 1.29 is 0 Å². The number of rotatable bonds is 2. The maximum absolute atomic E-state index is 6.39. The molecule has 3 aromatic heterocycles. The van der Waals surface area contributed by atoms with Gasteiger partial charge in [0.2, 0.25) is 0 Å². The number of nitrogen functional groups attached to an aromatic ring is 1. The highest BCUT2D eigenvalue weighted by Crippen LogP contribution is 2.31. The SMILES string of the molecule is Cc1cnn(-c2nc(N)cnc2-c2cc(Cl)c3ncccc3c2)c1. The minimum Gasteiger partial charge on any atom is -0.382 e. The zero-order chi connectivity index (χ0) is 16.7. The molecule has 6 nitrogen and oxygen atoms in total. The first kappa shape index (κ1) is 14.6. The minimum absolute atomic E-state index is 0.329. The van der Waals surface area contributed by atoms with Gasteiger partial charge in [-0.15, -0.1) is 0 Å². The Balaban J connectivity index is 1.97. The molecule has 0 saturated heterocycles. The van der Waals surface area contributed by atoms with Crippen LogP contribution in [0.3, 0.4) is 0 Å². The molecule has 0 fully saturated rings. The van der Waals surface area contributed by atoms with Gasteiger partial charge in [0.15, 0.2) is 5.82 Å². The number of pyridine rings is 1. The summed E-state index contributed by atoms with van der Waals surface area (Å²) in [6, 6.07) is 7.64. The number of benzene rings is 1. The molecule has 0 bridgehead atoms. The van der Waals surface area contributed by atoms with Gasteiger partial charge in [-0.1, -0.05) is 17.7 Å². The van der Waals surface area contributed by atoms with Gasteiger partial charge >= 0.3 is 0 Å². The van der Waals surface area contributed by atoms with Crippen LogP contribution in [0.5, 0.6) is 0 Å². The fourth-order valence-corrected chi connectivity index (χ4v) is 2.84. The molecule has 24 heavy (non-hydrogen) atoms. The molecule has 0 unspecified atom stereocenters. The first-order valence-electron chi connectivity index (χ1n) is 7.30. The topological polar surface area (TPSA) is 82.5 Å². The van der Waals surface area contributed by atoms with Crippen molar-refractivity contribution in [1.82, 2.24) is 24.7 Å². The van der Waals surface area contributed by atoms with E-state index in [0.29, 0.717) is 22.4 Å². The van der Waals surface area contributed by atoms with Crippen molar-refractivity contribution in [1.29, 1.82) is 0 Å². The summed E-state index contributed by atoms with van der Waals surface area (Å²) in [6.45, 7) is 1.96. The number of hydrogen-bond donors (Lipinski definition) is 1. The summed E-state index contributed by atoms with van der Waals surface area (Å²) in [4.78, 5) is 13.2. The number of halogens is 1. The van der Waals surface area contributed by atoms with E-state index in [1.54, 1.807) is 17.1 Å². The molecular formula is C17H13ClN6. The Morgan fingerprint density at radius 2 is 2.04 bits per heavy atom. The van der Waals surface area contributed by atoms with E-state index in [1.165, 1.54) is 6.20 Å². The van der Waals surface area contributed by atoms with Gasteiger partial charge in [0.05, 0.1) is 22.9 Å². The van der Waals surface area contributed by atoms with Gasteiger partial charge in [-0.3, -0.25) is 4.98 Å². The van der Waals surface area contributed by atoms with Gasteiger partial charge in [-0.25, -0.2) is 14.6 Å². The molecule has 0 aliphatic carbocycles. The zero-order valence-electron chi connectivity index (χ0n) is 12.8. The van der Waals surface area contributed by atoms with Crippen molar-refractivity contribution in [2.24, 2.45) is 0 Å². The van der Waals surface area contributed by atoms with Crippen LogP contribution < -0.4 is 5.73 Å². The fraction of sp³-hybridized carbons (Fsp3) is 0.0588. The molecule has 0 amide bonds. The lowest BCUT2D eigenvalue weighted by Crippen LogP contribution is -2.05. The number of aromatic nitrogens is 5. The van der Waals surface area contributed by atoms with Crippen LogP contribution >= 0.6 is 11.6 Å². The lowest BCUT2D eigenvalue weighted by Gasteiger charge is -2.10. The zero-order valence-corrected chi connectivity index (χ0v) is 13.6. The molecule has 0 saturated carbocycles. The maximum Gasteiger partial charge on any atom is 0.182 e. The highest BCUT2D eigenvalue weighted by atomic mass is 35.5. The Labute approximate surface area is 143 Å². The van der Waals surface area contributed by atoms with Gasteiger partial charge in [0.1, 0.15) is 11.5 Å². The van der Waals surface area contributed by atoms with Gasteiger partial charge in [0, 0.05) is 23.3 Å². The quantitative estimate of drug-likeness (QED) is 0.606. The Kier molecular flexibility index (Phi) is 3.39. The highest BCUT2D eigenvalue weighted by Gasteiger charge is 2.14. The van der Waals surface area contributed by atoms with Crippen molar-refractivity contribution in [2.75, 3.05) is 5.73 Å². The molecule has 2 N–H and O–H groups in total. The predicted octanol–water partition coefficient (Wildman–Crippen LogP) is 3.42. The number of aryl methyl sites for hydroxylation is 1. The monoisotopic (exact) mass is 336 g/mol. The molecule has 0 spiro atoms. The molecule has 1 aromatic carbocycles. The van der Waals surface area contributed by atoms with Crippen molar-refractivity contribution in [3.63, 3.8) is 0 Å². The van der Waals surface area contributed by atoms with Gasteiger partial charge < -0.3 is 5.73 Å². The average molecular weight is 337 g/mol. The van der Waals surface area contributed by atoms with Crippen molar-refractivity contribution >= 4 is 28.3 Å². The Hall–Kier alpha value is -2.99. The Morgan fingerprint density at radius 1 is 1.17 bits per heavy atom. The van der Waals surface area contributed by atoms with Crippen molar-refractivity contribution in [2.45, 2.75) is 6.92 Å². The summed E-state index contributed by atoms with van der Waals surface area (Å²) in [5, 5.41) is 5.80. The highest BCUT2D eigenvalue weighted by molar-refractivity contribution is 6.35. The first-order chi connectivity index (χ1) is 11.6. The summed E-state index contributed by atoms with van der Waals surface area (Å²) >= 11 is 6.39. The van der Waals surface area contributed by atoms with Crippen LogP contribution in [0.15, 0.2) is 49.1 Å². The van der Waals surface area contributed by atoms with Gasteiger partial charge in [-0.2, -0.15) is 5.10 Å². The van der Waals surface area contributed by atoms with Crippen LogP contribution in [-0.2, 0) is 0 Å². The summed E-state index contributed by atoms with van der Waals surface area (Å²) in [7, 11) is 0. The van der Waals surface area contributed by atoms with E-state index >= 15 is 0 Å². The van der Waals surface area contributed by atoms with Crippen LogP contribution in [0.1, 0.15) is 5.56 Å². The normalized spacial score (nSPS) is 11.1. The molecule has 0 atom stereocenters. The predicted molar refractivity (Wildman–Crippen MR) is 94.1 cm³/mol. The lowest BCUT2D eigenvalue weighted by atomic mass is 10.1. The van der Waals surface area contributed by atoms with Crippen LogP contribution in [0.4, 0.5) is 5.82 Å². The Morgan fingerprint density at radius 3 is 2.83 bits per heavy atom. The van der Waals surface area contributed by atoms with E-state index in [1.807, 2.05) is 37.4 Å². The molecule has 0 aliphatic rings. The third-order valence-corrected chi connectivity index (χ3v) is 3.92. The number of hydrogen-bond acceptors (Lipinski definition) is 5. The van der Waals surface area contributed by atoms with E-state index in [2.05, 4.69) is 20.1 Å². The largest absolute Gasteiger partial charge is 0.382 e. The van der Waals surface area contributed by atoms with Crippen LogP contribution in [0.2, 0.25) is 5.02 Å². The van der Waals surface area contributed by atoms with E-state index in [0.717, 1.165) is 22.0 Å². The molecule has 118 valence electrons. The average Bonchev–Trinajstić information content (AvgIpc) is 3.01. The second-order valence-electron chi connectivity index (χ2n) is 5.46. The van der Waals surface area contributed by atoms with E-state index < -0.39 is 0 Å². The number of anilines is 1. The lowest BCUT2D eigenvalue weighted by molar-refractivity contribution is 0.843. The number of nitrogens with zero attached hydrogens (tertiary/aromatic N) is 5. The van der Waals surface area contributed by atoms with Crippen LogP contribution in [-0.4, -0.2) is 24.7 Å². The summed E-state index contributed by atoms with van der Waals surface area (Å²) in [6.07, 6.45) is 6.87. The van der Waals surface area contributed by atoms with E-state index in [-0.39, 0.29) is 0 Å². The van der Waals surface area contributed by atoms with Crippen molar-refractivity contribution in [3.05, 3.63) is 59.6 Å². The minimum atomic E-state index is 0.329. The number of nitrogens with two attached hydrogens (primary N) is 1. The third-order valence-electron chi connectivity index (χ3n) is 3.63.